The third-order valence-electron chi connectivity index (χ3n) is 2.60. The lowest BCUT2D eigenvalue weighted by molar-refractivity contribution is 0.415. The number of halogens is 1. The first-order valence-corrected chi connectivity index (χ1v) is 5.73. The molecule has 0 unspecified atom stereocenters. The highest BCUT2D eigenvalue weighted by Crippen LogP contribution is 2.20. The first-order valence-electron chi connectivity index (χ1n) is 4.94. The number of hydrogen-bond acceptors (Lipinski definition) is 3. The zero-order valence-electron chi connectivity index (χ0n) is 8.90. The minimum absolute atomic E-state index is 0.137. The summed E-state index contributed by atoms with van der Waals surface area (Å²) < 4.78 is 7.49. The number of benzene rings is 1. The van der Waals surface area contributed by atoms with Crippen molar-refractivity contribution in [3.8, 4) is 5.75 Å². The van der Waals surface area contributed by atoms with Gasteiger partial charge in [0.05, 0.1) is 18.0 Å². The van der Waals surface area contributed by atoms with Gasteiger partial charge in [0.1, 0.15) is 16.0 Å². The molecule has 6 heteroatoms. The van der Waals surface area contributed by atoms with E-state index in [-0.39, 0.29) is 5.56 Å². The van der Waals surface area contributed by atoms with Gasteiger partial charge in [-0.1, -0.05) is 0 Å². The van der Waals surface area contributed by atoms with E-state index in [1.807, 2.05) is 0 Å². The fourth-order valence-corrected chi connectivity index (χ4v) is 2.19. The van der Waals surface area contributed by atoms with Crippen LogP contribution in [0.2, 0.25) is 0 Å². The second kappa shape index (κ2) is 3.59. The maximum atomic E-state index is 11.8. The number of rotatable bonds is 1. The van der Waals surface area contributed by atoms with Crippen molar-refractivity contribution in [3.05, 3.63) is 39.2 Å². The fraction of sp³-hybridized carbons (Fsp3) is 0.0909. The van der Waals surface area contributed by atoms with Crippen LogP contribution in [0.25, 0.3) is 16.6 Å². The predicted molar refractivity (Wildman–Crippen MR) is 67.6 cm³/mol. The molecule has 1 N–H and O–H groups in total. The molecule has 3 aromatic rings. The van der Waals surface area contributed by atoms with Crippen molar-refractivity contribution in [3.63, 3.8) is 0 Å². The van der Waals surface area contributed by atoms with Gasteiger partial charge in [-0.25, -0.2) is 4.52 Å². The molecule has 0 radical (unpaired) electrons. The van der Waals surface area contributed by atoms with Crippen LogP contribution < -0.4 is 10.3 Å². The van der Waals surface area contributed by atoms with Gasteiger partial charge in [-0.05, 0) is 28.1 Å². The summed E-state index contributed by atoms with van der Waals surface area (Å²) in [6.45, 7) is 0. The standard InChI is InChI=1S/C11H8BrN3O2/c1-17-6-2-3-7-8(4-6)15-10(13-11(7)16)5-9(12)14-15/h2-5H,1H3,(H,13,16). The van der Waals surface area contributed by atoms with Gasteiger partial charge in [0.25, 0.3) is 5.56 Å². The van der Waals surface area contributed by atoms with Crippen molar-refractivity contribution in [1.29, 1.82) is 0 Å². The number of aromatic nitrogens is 3. The first-order chi connectivity index (χ1) is 8.19. The van der Waals surface area contributed by atoms with Crippen LogP contribution in [0.5, 0.6) is 5.75 Å². The molecule has 2 aromatic heterocycles. The highest BCUT2D eigenvalue weighted by Gasteiger charge is 2.08. The molecule has 0 aliphatic heterocycles. The van der Waals surface area contributed by atoms with Gasteiger partial charge in [0.15, 0.2) is 0 Å². The number of fused-ring (bicyclic) bond motifs is 3. The minimum Gasteiger partial charge on any atom is -0.497 e. The van der Waals surface area contributed by atoms with E-state index >= 15 is 0 Å². The third kappa shape index (κ3) is 1.52. The largest absolute Gasteiger partial charge is 0.497 e. The van der Waals surface area contributed by atoms with E-state index < -0.39 is 0 Å². The van der Waals surface area contributed by atoms with Gasteiger partial charge in [-0.2, -0.15) is 5.10 Å². The number of H-pyrrole nitrogens is 1. The van der Waals surface area contributed by atoms with Gasteiger partial charge in [-0.3, -0.25) is 4.79 Å². The molecule has 5 nitrogen and oxygen atoms in total. The first kappa shape index (κ1) is 10.3. The highest BCUT2D eigenvalue weighted by molar-refractivity contribution is 9.10. The van der Waals surface area contributed by atoms with Crippen LogP contribution >= 0.6 is 15.9 Å². The molecule has 0 spiro atoms. The molecule has 0 amide bonds. The SMILES string of the molecule is COc1ccc2c(=O)[nH]c3cc(Br)nn3c2c1. The molecule has 1 aromatic carbocycles. The Balaban J connectivity index is 2.56. The van der Waals surface area contributed by atoms with E-state index in [0.717, 1.165) is 0 Å². The van der Waals surface area contributed by atoms with Gasteiger partial charge in [-0.15, -0.1) is 0 Å². The Kier molecular flexibility index (Phi) is 2.19. The molecule has 2 heterocycles. The molecule has 0 saturated carbocycles. The lowest BCUT2D eigenvalue weighted by atomic mass is 10.2. The Labute approximate surface area is 104 Å². The summed E-state index contributed by atoms with van der Waals surface area (Å²) in [5.74, 6) is 0.691. The van der Waals surface area contributed by atoms with Crippen molar-refractivity contribution in [2.75, 3.05) is 7.11 Å². The molecular formula is C11H8BrN3O2. The Morgan fingerprint density at radius 2 is 2.24 bits per heavy atom. The van der Waals surface area contributed by atoms with Crippen LogP contribution in [0, 0.1) is 0 Å². The molecule has 86 valence electrons. The molecule has 3 rings (SSSR count). The Hall–Kier alpha value is -1.82. The quantitative estimate of drug-likeness (QED) is 0.746. The highest BCUT2D eigenvalue weighted by atomic mass is 79.9. The number of aromatic amines is 1. The van der Waals surface area contributed by atoms with E-state index in [0.29, 0.717) is 26.9 Å². The van der Waals surface area contributed by atoms with Gasteiger partial charge in [0, 0.05) is 12.1 Å². The van der Waals surface area contributed by atoms with Crippen molar-refractivity contribution in [2.45, 2.75) is 0 Å². The summed E-state index contributed by atoms with van der Waals surface area (Å²) in [6, 6.07) is 7.02. The number of nitrogens with zero attached hydrogens (tertiary/aromatic N) is 2. The second-order valence-corrected chi connectivity index (χ2v) is 4.41. The monoisotopic (exact) mass is 293 g/mol. The number of hydrogen-bond donors (Lipinski definition) is 1. The van der Waals surface area contributed by atoms with Crippen molar-refractivity contribution >= 4 is 32.5 Å². The lowest BCUT2D eigenvalue weighted by Crippen LogP contribution is -2.09. The molecule has 0 aliphatic carbocycles. The van der Waals surface area contributed by atoms with Crippen LogP contribution in [0.1, 0.15) is 0 Å². The molecule has 0 atom stereocenters. The molecule has 0 saturated heterocycles. The fourth-order valence-electron chi connectivity index (χ4n) is 1.81. The normalized spacial score (nSPS) is 11.2. The predicted octanol–water partition coefficient (Wildman–Crippen LogP) is 1.95. The Bertz CT molecular complexity index is 775. The summed E-state index contributed by atoms with van der Waals surface area (Å²) in [7, 11) is 1.59. The van der Waals surface area contributed by atoms with E-state index in [1.165, 1.54) is 0 Å². The summed E-state index contributed by atoms with van der Waals surface area (Å²) in [5, 5.41) is 4.84. The van der Waals surface area contributed by atoms with Crippen LogP contribution in [0.15, 0.2) is 33.7 Å². The molecule has 0 bridgehead atoms. The van der Waals surface area contributed by atoms with Crippen molar-refractivity contribution in [2.24, 2.45) is 0 Å². The summed E-state index contributed by atoms with van der Waals surface area (Å²) >= 11 is 3.29. The van der Waals surface area contributed by atoms with Crippen LogP contribution in [0.4, 0.5) is 0 Å². The van der Waals surface area contributed by atoms with Crippen LogP contribution in [-0.2, 0) is 0 Å². The Morgan fingerprint density at radius 3 is 3.00 bits per heavy atom. The topological polar surface area (TPSA) is 59.4 Å². The molecule has 17 heavy (non-hydrogen) atoms. The third-order valence-corrected chi connectivity index (χ3v) is 2.99. The van der Waals surface area contributed by atoms with Crippen LogP contribution in [-0.4, -0.2) is 21.7 Å². The van der Waals surface area contributed by atoms with Gasteiger partial charge >= 0.3 is 0 Å². The van der Waals surface area contributed by atoms with E-state index in [1.54, 1.807) is 35.9 Å². The van der Waals surface area contributed by atoms with Crippen molar-refractivity contribution < 1.29 is 4.74 Å². The van der Waals surface area contributed by atoms with E-state index in [2.05, 4.69) is 26.0 Å². The molecular weight excluding hydrogens is 286 g/mol. The average molecular weight is 294 g/mol. The maximum absolute atomic E-state index is 11.8. The number of nitrogens with one attached hydrogen (secondary N) is 1. The zero-order valence-corrected chi connectivity index (χ0v) is 10.5. The lowest BCUT2D eigenvalue weighted by Gasteiger charge is -2.03. The summed E-state index contributed by atoms with van der Waals surface area (Å²) in [5.41, 5.74) is 1.22. The van der Waals surface area contributed by atoms with Gasteiger partial charge in [0.2, 0.25) is 0 Å². The maximum Gasteiger partial charge on any atom is 0.259 e. The zero-order chi connectivity index (χ0) is 12.0. The second-order valence-electron chi connectivity index (χ2n) is 3.60. The number of methoxy groups -OCH3 is 1. The van der Waals surface area contributed by atoms with Crippen molar-refractivity contribution in [1.82, 2.24) is 14.6 Å². The summed E-state index contributed by atoms with van der Waals surface area (Å²) in [6.07, 6.45) is 0. The Morgan fingerprint density at radius 1 is 1.41 bits per heavy atom. The van der Waals surface area contributed by atoms with E-state index in [9.17, 15) is 4.79 Å². The van der Waals surface area contributed by atoms with E-state index in [4.69, 9.17) is 4.74 Å². The van der Waals surface area contributed by atoms with Gasteiger partial charge < -0.3 is 9.72 Å². The smallest absolute Gasteiger partial charge is 0.259 e. The average Bonchev–Trinajstić information content (AvgIpc) is 2.69. The number of ether oxygens (including phenoxy) is 1. The molecule has 0 aliphatic rings. The van der Waals surface area contributed by atoms with Crippen LogP contribution in [0.3, 0.4) is 0 Å². The summed E-state index contributed by atoms with van der Waals surface area (Å²) in [4.78, 5) is 14.6. The minimum atomic E-state index is -0.137. The molecule has 0 fully saturated rings.